The Morgan fingerprint density at radius 3 is 2.79 bits per heavy atom. The largest absolute Gasteiger partial charge is 0.346 e. The van der Waals surface area contributed by atoms with Crippen LogP contribution in [-0.2, 0) is 6.54 Å². The smallest absolute Gasteiger partial charge is 0.276 e. The molecule has 0 bridgehead atoms. The Hall–Kier alpha value is -2.64. The van der Waals surface area contributed by atoms with E-state index in [1.807, 2.05) is 18.2 Å². The van der Waals surface area contributed by atoms with E-state index in [2.05, 4.69) is 56.0 Å². The van der Waals surface area contributed by atoms with Crippen molar-refractivity contribution >= 4 is 40.0 Å². The van der Waals surface area contributed by atoms with Crippen LogP contribution in [0.1, 0.15) is 23.3 Å². The number of hydrogen-bond donors (Lipinski definition) is 1. The molecule has 0 unspecified atom stereocenters. The highest BCUT2D eigenvalue weighted by Crippen LogP contribution is 2.23. The van der Waals surface area contributed by atoms with Gasteiger partial charge in [0, 0.05) is 49.0 Å². The van der Waals surface area contributed by atoms with Crippen LogP contribution >= 0.6 is 11.6 Å². The first-order valence-electron chi connectivity index (χ1n) is 9.84. The van der Waals surface area contributed by atoms with Gasteiger partial charge < -0.3 is 19.7 Å². The highest BCUT2D eigenvalue weighted by molar-refractivity contribution is 6.34. The molecule has 1 aromatic carbocycles. The summed E-state index contributed by atoms with van der Waals surface area (Å²) in [6.07, 6.45) is 5.80. The van der Waals surface area contributed by atoms with E-state index in [9.17, 15) is 4.79 Å². The Morgan fingerprint density at radius 1 is 1.24 bits per heavy atom. The first-order valence-corrected chi connectivity index (χ1v) is 10.2. The van der Waals surface area contributed by atoms with Crippen molar-refractivity contribution in [2.24, 2.45) is 0 Å². The van der Waals surface area contributed by atoms with Gasteiger partial charge in [-0.1, -0.05) is 11.6 Å². The minimum atomic E-state index is -0.329. The van der Waals surface area contributed by atoms with Crippen LogP contribution in [0.15, 0.2) is 36.7 Å². The maximum atomic E-state index is 12.8. The molecule has 1 fully saturated rings. The second-order valence-electron chi connectivity index (χ2n) is 7.60. The van der Waals surface area contributed by atoms with Crippen LogP contribution in [0.3, 0.4) is 0 Å². The zero-order valence-electron chi connectivity index (χ0n) is 16.7. The third kappa shape index (κ3) is 4.36. The lowest BCUT2D eigenvalue weighted by molar-refractivity contribution is 0.102. The lowest BCUT2D eigenvalue weighted by atomic mass is 10.2. The van der Waals surface area contributed by atoms with Gasteiger partial charge in [-0.05, 0) is 51.2 Å². The summed E-state index contributed by atoms with van der Waals surface area (Å²) in [7, 11) is 4.12. The number of carbonyl (C=O) groups is 1. The molecular formula is C21H25ClN6O. The van der Waals surface area contributed by atoms with E-state index in [0.29, 0.717) is 11.6 Å². The van der Waals surface area contributed by atoms with Gasteiger partial charge in [-0.3, -0.25) is 4.79 Å². The number of nitrogens with one attached hydrogen (secondary N) is 1. The molecule has 4 rings (SSSR count). The van der Waals surface area contributed by atoms with Crippen molar-refractivity contribution in [2.75, 3.05) is 43.9 Å². The second kappa shape index (κ2) is 8.39. The van der Waals surface area contributed by atoms with Crippen LogP contribution in [0, 0.1) is 0 Å². The Labute approximate surface area is 175 Å². The number of benzene rings is 1. The minimum Gasteiger partial charge on any atom is -0.346 e. The van der Waals surface area contributed by atoms with E-state index in [-0.39, 0.29) is 16.6 Å². The number of rotatable bonds is 6. The van der Waals surface area contributed by atoms with Gasteiger partial charge in [0.05, 0.1) is 11.2 Å². The first kappa shape index (κ1) is 19.7. The van der Waals surface area contributed by atoms with Gasteiger partial charge in [0.1, 0.15) is 0 Å². The fourth-order valence-electron chi connectivity index (χ4n) is 3.56. The predicted molar refractivity (Wildman–Crippen MR) is 117 cm³/mol. The number of hydrogen-bond acceptors (Lipinski definition) is 5. The van der Waals surface area contributed by atoms with Gasteiger partial charge in [0.2, 0.25) is 5.95 Å². The Bertz CT molecular complexity index is 1030. The number of amides is 1. The summed E-state index contributed by atoms with van der Waals surface area (Å²) in [4.78, 5) is 25.7. The van der Waals surface area contributed by atoms with Crippen molar-refractivity contribution < 1.29 is 4.79 Å². The number of aromatic nitrogens is 3. The molecule has 3 heterocycles. The van der Waals surface area contributed by atoms with Gasteiger partial charge in [0.15, 0.2) is 5.69 Å². The summed E-state index contributed by atoms with van der Waals surface area (Å²) in [5.41, 5.74) is 2.05. The Morgan fingerprint density at radius 2 is 2.03 bits per heavy atom. The molecule has 0 atom stereocenters. The fraction of sp³-hybridized carbons (Fsp3) is 0.381. The number of fused-ring (bicyclic) bond motifs is 1. The van der Waals surface area contributed by atoms with Gasteiger partial charge in [0.25, 0.3) is 5.91 Å². The van der Waals surface area contributed by atoms with Crippen LogP contribution in [-0.4, -0.2) is 59.1 Å². The van der Waals surface area contributed by atoms with Crippen LogP contribution in [0.2, 0.25) is 5.02 Å². The molecule has 152 valence electrons. The molecule has 0 saturated carbocycles. The molecule has 1 aliphatic rings. The molecule has 1 amide bonds. The monoisotopic (exact) mass is 412 g/mol. The Kier molecular flexibility index (Phi) is 5.69. The summed E-state index contributed by atoms with van der Waals surface area (Å²) in [6, 6.07) is 7.96. The molecule has 0 aliphatic carbocycles. The van der Waals surface area contributed by atoms with E-state index in [0.717, 1.165) is 49.9 Å². The number of likely N-dealkylation sites (N-methyl/N-ethyl adjacent to an activating group) is 1. The average Bonchev–Trinajstić information content (AvgIpc) is 3.36. The standard InChI is InChI=1S/C21H25ClN6O/c1-26(2)11-12-27-10-7-15-13-16(5-6-18(15)27)24-20(29)19-17(22)14-23-21(25-19)28-8-3-4-9-28/h5-7,10,13-14H,3-4,8-9,11-12H2,1-2H3,(H,24,29). The van der Waals surface area contributed by atoms with Crippen molar-refractivity contribution in [3.8, 4) is 0 Å². The van der Waals surface area contributed by atoms with Crippen molar-refractivity contribution in [1.82, 2.24) is 19.4 Å². The van der Waals surface area contributed by atoms with Crippen molar-refractivity contribution in [3.63, 3.8) is 0 Å². The van der Waals surface area contributed by atoms with E-state index in [4.69, 9.17) is 11.6 Å². The van der Waals surface area contributed by atoms with E-state index >= 15 is 0 Å². The SMILES string of the molecule is CN(C)CCn1ccc2cc(NC(=O)c3nc(N4CCCC4)ncc3Cl)ccc21. The predicted octanol–water partition coefficient (Wildman–Crippen LogP) is 3.50. The molecule has 1 aliphatic heterocycles. The van der Waals surface area contributed by atoms with Gasteiger partial charge in [-0.15, -0.1) is 0 Å². The zero-order valence-corrected chi connectivity index (χ0v) is 17.5. The first-order chi connectivity index (χ1) is 14.0. The molecule has 0 radical (unpaired) electrons. The lowest BCUT2D eigenvalue weighted by Gasteiger charge is -2.16. The van der Waals surface area contributed by atoms with Gasteiger partial charge in [-0.2, -0.15) is 0 Å². The maximum Gasteiger partial charge on any atom is 0.276 e. The van der Waals surface area contributed by atoms with E-state index in [1.54, 1.807) is 0 Å². The van der Waals surface area contributed by atoms with Crippen molar-refractivity contribution in [2.45, 2.75) is 19.4 Å². The number of halogens is 1. The average molecular weight is 413 g/mol. The molecule has 1 N–H and O–H groups in total. The van der Waals surface area contributed by atoms with Crippen LogP contribution in [0.5, 0.6) is 0 Å². The minimum absolute atomic E-state index is 0.201. The second-order valence-corrected chi connectivity index (χ2v) is 8.01. The van der Waals surface area contributed by atoms with Gasteiger partial charge in [-0.25, -0.2) is 9.97 Å². The molecule has 7 nitrogen and oxygen atoms in total. The van der Waals surface area contributed by atoms with E-state index < -0.39 is 0 Å². The maximum absolute atomic E-state index is 12.8. The summed E-state index contributed by atoms with van der Waals surface area (Å²) < 4.78 is 2.21. The molecule has 29 heavy (non-hydrogen) atoms. The topological polar surface area (TPSA) is 66.3 Å². The quantitative estimate of drug-likeness (QED) is 0.671. The summed E-state index contributed by atoms with van der Waals surface area (Å²) >= 11 is 6.21. The summed E-state index contributed by atoms with van der Waals surface area (Å²) in [5.74, 6) is 0.231. The van der Waals surface area contributed by atoms with Crippen LogP contribution < -0.4 is 10.2 Å². The van der Waals surface area contributed by atoms with Crippen molar-refractivity contribution in [3.05, 3.63) is 47.4 Å². The zero-order chi connectivity index (χ0) is 20.4. The lowest BCUT2D eigenvalue weighted by Crippen LogP contribution is -2.23. The highest BCUT2D eigenvalue weighted by atomic mass is 35.5. The molecule has 8 heteroatoms. The number of anilines is 2. The number of carbonyl (C=O) groups excluding carboxylic acids is 1. The summed E-state index contributed by atoms with van der Waals surface area (Å²) in [5, 5.41) is 4.25. The third-order valence-electron chi connectivity index (χ3n) is 5.15. The molecule has 3 aromatic rings. The highest BCUT2D eigenvalue weighted by Gasteiger charge is 2.20. The molecule has 1 saturated heterocycles. The molecule has 0 spiro atoms. The third-order valence-corrected chi connectivity index (χ3v) is 5.43. The number of nitrogens with zero attached hydrogens (tertiary/aromatic N) is 5. The van der Waals surface area contributed by atoms with Crippen molar-refractivity contribution in [1.29, 1.82) is 0 Å². The normalized spacial score (nSPS) is 14.1. The molecular weight excluding hydrogens is 388 g/mol. The van der Waals surface area contributed by atoms with E-state index in [1.165, 1.54) is 6.20 Å². The fourth-order valence-corrected chi connectivity index (χ4v) is 3.73. The van der Waals surface area contributed by atoms with Gasteiger partial charge >= 0.3 is 0 Å². The summed E-state index contributed by atoms with van der Waals surface area (Å²) in [6.45, 7) is 3.69. The van der Waals surface area contributed by atoms with Crippen LogP contribution in [0.25, 0.3) is 10.9 Å². The molecule has 2 aromatic heterocycles. The van der Waals surface area contributed by atoms with Crippen LogP contribution in [0.4, 0.5) is 11.6 Å². The Balaban J connectivity index is 1.52.